The molecule has 0 bridgehead atoms. The van der Waals surface area contributed by atoms with Gasteiger partial charge in [-0.25, -0.2) is 9.50 Å². The largest absolute Gasteiger partial charge is 0.506 e. The average molecular weight is 255 g/mol. The summed E-state index contributed by atoms with van der Waals surface area (Å²) in [5, 5.41) is 13.7. The summed E-state index contributed by atoms with van der Waals surface area (Å²) in [6.07, 6.45) is 2.13. The number of fused-ring (bicyclic) bond motifs is 1. The Labute approximate surface area is 110 Å². The predicted molar refractivity (Wildman–Crippen MR) is 70.5 cm³/mol. The van der Waals surface area contributed by atoms with Gasteiger partial charge in [-0.3, -0.25) is 0 Å². The molecular weight excluding hydrogens is 242 g/mol. The summed E-state index contributed by atoms with van der Waals surface area (Å²) in [5.74, 6) is 1.68. The molecular formula is C14H13N3O2. The van der Waals surface area contributed by atoms with Gasteiger partial charge in [0.2, 0.25) is 0 Å². The summed E-state index contributed by atoms with van der Waals surface area (Å²) >= 11 is 0. The lowest BCUT2D eigenvalue weighted by molar-refractivity contribution is 0.410. The minimum absolute atomic E-state index is 0.168. The lowest BCUT2D eigenvalue weighted by Gasteiger charge is -2.05. The van der Waals surface area contributed by atoms with Crippen molar-refractivity contribution in [2.45, 2.75) is 6.42 Å². The minimum atomic E-state index is 0.168. The molecule has 3 rings (SSSR count). The molecule has 0 aliphatic rings. The normalized spacial score (nSPS) is 10.8. The van der Waals surface area contributed by atoms with Crippen LogP contribution in [-0.4, -0.2) is 26.8 Å². The second-order valence-electron chi connectivity index (χ2n) is 4.21. The molecule has 0 saturated heterocycles. The van der Waals surface area contributed by atoms with Crippen LogP contribution in [0.1, 0.15) is 11.4 Å². The third kappa shape index (κ3) is 2.22. The van der Waals surface area contributed by atoms with Crippen LogP contribution in [0.15, 0.2) is 42.6 Å². The van der Waals surface area contributed by atoms with Crippen LogP contribution in [0.3, 0.4) is 0 Å². The molecule has 5 nitrogen and oxygen atoms in total. The first-order valence-electron chi connectivity index (χ1n) is 5.92. The number of rotatable bonds is 3. The van der Waals surface area contributed by atoms with E-state index in [0.29, 0.717) is 17.9 Å². The number of pyridine rings is 1. The first kappa shape index (κ1) is 11.5. The van der Waals surface area contributed by atoms with Crippen molar-refractivity contribution in [3.8, 4) is 11.5 Å². The number of nitrogens with zero attached hydrogens (tertiary/aromatic N) is 3. The van der Waals surface area contributed by atoms with Gasteiger partial charge in [-0.15, -0.1) is 0 Å². The molecule has 1 aromatic carbocycles. The van der Waals surface area contributed by atoms with Gasteiger partial charge in [0.05, 0.1) is 13.3 Å². The van der Waals surface area contributed by atoms with Crippen LogP contribution in [0, 0.1) is 0 Å². The smallest absolute Gasteiger partial charge is 0.156 e. The Morgan fingerprint density at radius 1 is 1.21 bits per heavy atom. The number of para-hydroxylation sites is 1. The van der Waals surface area contributed by atoms with E-state index in [2.05, 4.69) is 10.1 Å². The van der Waals surface area contributed by atoms with Gasteiger partial charge in [0.25, 0.3) is 0 Å². The number of aromatic hydroxyl groups is 1. The molecule has 0 amide bonds. The van der Waals surface area contributed by atoms with Crippen molar-refractivity contribution in [3.05, 3.63) is 54.0 Å². The number of hydrogen-bond acceptors (Lipinski definition) is 4. The van der Waals surface area contributed by atoms with Crippen LogP contribution in [0.5, 0.6) is 11.5 Å². The summed E-state index contributed by atoms with van der Waals surface area (Å²) in [7, 11) is 1.65. The molecule has 0 aliphatic carbocycles. The van der Waals surface area contributed by atoms with Gasteiger partial charge in [0, 0.05) is 12.0 Å². The molecule has 0 spiro atoms. The quantitative estimate of drug-likeness (QED) is 0.778. The highest BCUT2D eigenvalue weighted by molar-refractivity contribution is 5.41. The highest BCUT2D eigenvalue weighted by Gasteiger charge is 2.08. The van der Waals surface area contributed by atoms with E-state index in [4.69, 9.17) is 4.74 Å². The van der Waals surface area contributed by atoms with Gasteiger partial charge in [-0.1, -0.05) is 18.2 Å². The van der Waals surface area contributed by atoms with Crippen LogP contribution in [0.2, 0.25) is 0 Å². The Morgan fingerprint density at radius 2 is 2.05 bits per heavy atom. The number of ether oxygens (including phenoxy) is 1. The molecule has 2 aromatic heterocycles. The Bertz CT molecular complexity index is 722. The van der Waals surface area contributed by atoms with E-state index >= 15 is 0 Å². The molecule has 0 atom stereocenters. The lowest BCUT2D eigenvalue weighted by atomic mass is 10.1. The van der Waals surface area contributed by atoms with E-state index in [1.54, 1.807) is 23.8 Å². The molecule has 5 heteroatoms. The Hall–Kier alpha value is -2.56. The maximum absolute atomic E-state index is 9.40. The Morgan fingerprint density at radius 3 is 2.89 bits per heavy atom. The molecule has 0 saturated carbocycles. The van der Waals surface area contributed by atoms with Crippen molar-refractivity contribution in [2.75, 3.05) is 7.11 Å². The second-order valence-corrected chi connectivity index (χ2v) is 4.21. The van der Waals surface area contributed by atoms with Gasteiger partial charge in [-0.05, 0) is 18.2 Å². The Kier molecular flexibility index (Phi) is 2.79. The van der Waals surface area contributed by atoms with E-state index in [1.165, 1.54) is 6.20 Å². The number of hydrogen-bond donors (Lipinski definition) is 1. The zero-order valence-corrected chi connectivity index (χ0v) is 10.4. The molecule has 0 radical (unpaired) electrons. The van der Waals surface area contributed by atoms with Crippen molar-refractivity contribution < 1.29 is 9.84 Å². The third-order valence-corrected chi connectivity index (χ3v) is 2.90. The van der Waals surface area contributed by atoms with E-state index in [-0.39, 0.29) is 5.75 Å². The molecule has 0 aliphatic heterocycles. The predicted octanol–water partition coefficient (Wildman–Crippen LogP) is 2.03. The topological polar surface area (TPSA) is 59.7 Å². The zero-order valence-electron chi connectivity index (χ0n) is 10.4. The maximum atomic E-state index is 9.40. The van der Waals surface area contributed by atoms with Crippen LogP contribution in [0.25, 0.3) is 5.65 Å². The minimum Gasteiger partial charge on any atom is -0.506 e. The van der Waals surface area contributed by atoms with E-state index in [0.717, 1.165) is 11.3 Å². The average Bonchev–Trinajstić information content (AvgIpc) is 2.80. The highest BCUT2D eigenvalue weighted by Crippen LogP contribution is 2.20. The van der Waals surface area contributed by atoms with Crippen LogP contribution in [-0.2, 0) is 6.42 Å². The number of aromatic nitrogens is 3. The third-order valence-electron chi connectivity index (χ3n) is 2.90. The van der Waals surface area contributed by atoms with Crippen LogP contribution >= 0.6 is 0 Å². The first-order chi connectivity index (χ1) is 9.26. The highest BCUT2D eigenvalue weighted by atomic mass is 16.5. The molecule has 19 heavy (non-hydrogen) atoms. The first-order valence-corrected chi connectivity index (χ1v) is 5.92. The standard InChI is InChI=1S/C14H13N3O2/c1-19-12-5-3-2-4-10(12)8-13-15-14-7-6-11(18)9-17(14)16-13/h2-7,9,18H,8H2,1H3. The zero-order chi connectivity index (χ0) is 13.2. The fourth-order valence-electron chi connectivity index (χ4n) is 2.01. The molecule has 0 fully saturated rings. The maximum Gasteiger partial charge on any atom is 0.156 e. The summed E-state index contributed by atoms with van der Waals surface area (Å²) in [4.78, 5) is 4.41. The van der Waals surface area contributed by atoms with Crippen LogP contribution < -0.4 is 4.74 Å². The van der Waals surface area contributed by atoms with E-state index in [9.17, 15) is 5.11 Å². The Balaban J connectivity index is 1.96. The SMILES string of the molecule is COc1ccccc1Cc1nc2ccc(O)cn2n1. The molecule has 2 heterocycles. The van der Waals surface area contributed by atoms with Crippen molar-refractivity contribution in [1.29, 1.82) is 0 Å². The lowest BCUT2D eigenvalue weighted by Crippen LogP contribution is -1.95. The van der Waals surface area contributed by atoms with Crippen molar-refractivity contribution >= 4 is 5.65 Å². The molecule has 3 aromatic rings. The molecule has 96 valence electrons. The van der Waals surface area contributed by atoms with Gasteiger partial charge in [0.15, 0.2) is 11.5 Å². The van der Waals surface area contributed by atoms with Crippen molar-refractivity contribution in [3.63, 3.8) is 0 Å². The van der Waals surface area contributed by atoms with Gasteiger partial charge >= 0.3 is 0 Å². The van der Waals surface area contributed by atoms with Crippen LogP contribution in [0.4, 0.5) is 0 Å². The second kappa shape index (κ2) is 4.61. The van der Waals surface area contributed by atoms with Gasteiger partial charge in [-0.2, -0.15) is 5.10 Å². The van der Waals surface area contributed by atoms with E-state index < -0.39 is 0 Å². The van der Waals surface area contributed by atoms with Crippen molar-refractivity contribution in [2.24, 2.45) is 0 Å². The van der Waals surface area contributed by atoms with Gasteiger partial charge in [0.1, 0.15) is 11.5 Å². The summed E-state index contributed by atoms with van der Waals surface area (Å²) in [6.45, 7) is 0. The molecule has 1 N–H and O–H groups in total. The fraction of sp³-hybridized carbons (Fsp3) is 0.143. The van der Waals surface area contributed by atoms with Gasteiger partial charge < -0.3 is 9.84 Å². The summed E-state index contributed by atoms with van der Waals surface area (Å²) in [5.41, 5.74) is 1.74. The van der Waals surface area contributed by atoms with E-state index in [1.807, 2.05) is 24.3 Å². The number of benzene rings is 1. The molecule has 0 unspecified atom stereocenters. The monoisotopic (exact) mass is 255 g/mol. The fourth-order valence-corrected chi connectivity index (χ4v) is 2.01. The summed E-state index contributed by atoms with van der Waals surface area (Å²) in [6, 6.07) is 11.1. The summed E-state index contributed by atoms with van der Waals surface area (Å²) < 4.78 is 6.88. The number of methoxy groups -OCH3 is 1. The van der Waals surface area contributed by atoms with Crippen molar-refractivity contribution in [1.82, 2.24) is 14.6 Å².